The third kappa shape index (κ3) is 4.00. The van der Waals surface area contributed by atoms with Crippen LogP contribution in [0, 0.1) is 0 Å². The Morgan fingerprint density at radius 1 is 1.23 bits per heavy atom. The molecule has 2 aromatic carbocycles. The Labute approximate surface area is 140 Å². The Morgan fingerprint density at radius 2 is 1.95 bits per heavy atom. The van der Waals surface area contributed by atoms with Gasteiger partial charge in [0, 0.05) is 16.8 Å². The molecule has 0 amide bonds. The highest BCUT2D eigenvalue weighted by Gasteiger charge is 2.12. The number of hydrogen-bond acceptors (Lipinski definition) is 3. The van der Waals surface area contributed by atoms with Crippen LogP contribution in [0.1, 0.15) is 0 Å². The third-order valence-electron chi connectivity index (χ3n) is 2.85. The van der Waals surface area contributed by atoms with Crippen molar-refractivity contribution in [1.82, 2.24) is 0 Å². The van der Waals surface area contributed by atoms with E-state index in [1.165, 1.54) is 0 Å². The second-order valence-electron chi connectivity index (χ2n) is 4.42. The van der Waals surface area contributed by atoms with Gasteiger partial charge in [0.15, 0.2) is 6.61 Å². The normalized spacial score (nSPS) is 12.0. The van der Waals surface area contributed by atoms with Crippen LogP contribution in [-0.2, 0) is 15.6 Å². The second-order valence-corrected chi connectivity index (χ2v) is 6.61. The monoisotopic (exact) mass is 358 g/mol. The average molecular weight is 359 g/mol. The molecule has 1 atom stereocenters. The molecular weight excluding hydrogens is 347 g/mol. The number of hydrogen-bond donors (Lipinski definition) is 1. The third-order valence-corrected chi connectivity index (χ3v) is 4.48. The van der Waals surface area contributed by atoms with Crippen molar-refractivity contribution >= 4 is 40.0 Å². The quantitative estimate of drug-likeness (QED) is 0.881. The summed E-state index contributed by atoms with van der Waals surface area (Å²) in [5.41, 5.74) is 1.31. The van der Waals surface area contributed by atoms with Crippen molar-refractivity contribution in [2.24, 2.45) is 0 Å². The molecule has 0 aliphatic carbocycles. The van der Waals surface area contributed by atoms with Gasteiger partial charge in [-0.2, -0.15) is 0 Å². The minimum absolute atomic E-state index is 0.363. The molecular formula is C15H12Cl2O4S. The van der Waals surface area contributed by atoms with Crippen LogP contribution in [0.2, 0.25) is 10.0 Å². The maximum atomic E-state index is 11.5. The lowest BCUT2D eigenvalue weighted by atomic mass is 10.0. The first kappa shape index (κ1) is 16.8. The van der Waals surface area contributed by atoms with Crippen LogP contribution in [0.3, 0.4) is 0 Å². The summed E-state index contributed by atoms with van der Waals surface area (Å²) in [5.74, 6) is -0.691. The van der Waals surface area contributed by atoms with Crippen LogP contribution in [0.25, 0.3) is 11.1 Å². The minimum Gasteiger partial charge on any atom is -0.481 e. The van der Waals surface area contributed by atoms with Gasteiger partial charge in [-0.3, -0.25) is 4.21 Å². The van der Waals surface area contributed by atoms with Gasteiger partial charge in [0.2, 0.25) is 0 Å². The van der Waals surface area contributed by atoms with Gasteiger partial charge in [0.1, 0.15) is 5.75 Å². The molecule has 116 valence electrons. The molecule has 2 aromatic rings. The first-order chi connectivity index (χ1) is 10.4. The number of aliphatic carboxylic acids is 1. The molecule has 4 nitrogen and oxygen atoms in total. The highest BCUT2D eigenvalue weighted by molar-refractivity contribution is 7.84. The first-order valence-electron chi connectivity index (χ1n) is 6.16. The summed E-state index contributed by atoms with van der Waals surface area (Å²) < 4.78 is 16.8. The number of carboxylic acids is 1. The molecule has 0 spiro atoms. The molecule has 22 heavy (non-hydrogen) atoms. The SMILES string of the molecule is C[S@@](=O)c1ccc(-c2cc(Cl)ccc2OCC(=O)O)cc1Cl. The van der Waals surface area contributed by atoms with Crippen LogP contribution in [0.15, 0.2) is 41.3 Å². The molecule has 0 fully saturated rings. The van der Waals surface area contributed by atoms with Crippen LogP contribution >= 0.6 is 23.2 Å². The van der Waals surface area contributed by atoms with Gasteiger partial charge >= 0.3 is 5.97 Å². The van der Waals surface area contributed by atoms with E-state index in [4.69, 9.17) is 33.0 Å². The van der Waals surface area contributed by atoms with E-state index >= 15 is 0 Å². The van der Waals surface area contributed by atoms with Crippen molar-refractivity contribution in [3.63, 3.8) is 0 Å². The highest BCUT2D eigenvalue weighted by Crippen LogP contribution is 2.35. The molecule has 0 heterocycles. The fourth-order valence-corrected chi connectivity index (χ4v) is 3.17. The largest absolute Gasteiger partial charge is 0.481 e. The molecule has 1 N–H and O–H groups in total. The predicted octanol–water partition coefficient (Wildman–Crippen LogP) is 3.86. The predicted molar refractivity (Wildman–Crippen MR) is 87.4 cm³/mol. The molecule has 0 aliphatic heterocycles. The van der Waals surface area contributed by atoms with Gasteiger partial charge in [0.05, 0.1) is 20.7 Å². The summed E-state index contributed by atoms with van der Waals surface area (Å²) in [4.78, 5) is 11.2. The Kier molecular flexibility index (Phi) is 5.45. The van der Waals surface area contributed by atoms with Crippen LogP contribution in [0.4, 0.5) is 0 Å². The van der Waals surface area contributed by atoms with Crippen LogP contribution < -0.4 is 4.74 Å². The van der Waals surface area contributed by atoms with Crippen molar-refractivity contribution in [2.45, 2.75) is 4.90 Å². The minimum atomic E-state index is -1.19. The Morgan fingerprint density at radius 3 is 2.55 bits per heavy atom. The molecule has 0 bridgehead atoms. The standard InChI is InChI=1S/C15H12Cl2O4S/c1-22(20)14-5-2-9(6-12(14)17)11-7-10(16)3-4-13(11)21-8-15(18)19/h2-7H,8H2,1H3,(H,18,19)/t22-/m1/s1. The maximum Gasteiger partial charge on any atom is 0.341 e. The zero-order chi connectivity index (χ0) is 16.3. The van der Waals surface area contributed by atoms with E-state index in [1.807, 2.05) is 0 Å². The topological polar surface area (TPSA) is 63.6 Å². The molecule has 0 unspecified atom stereocenters. The van der Waals surface area contributed by atoms with Gasteiger partial charge in [-0.25, -0.2) is 4.79 Å². The molecule has 0 aliphatic rings. The van der Waals surface area contributed by atoms with Gasteiger partial charge in [0.25, 0.3) is 0 Å². The number of benzene rings is 2. The molecule has 0 saturated heterocycles. The summed E-state index contributed by atoms with van der Waals surface area (Å²) >= 11 is 12.1. The summed E-state index contributed by atoms with van der Waals surface area (Å²) in [7, 11) is -1.19. The smallest absolute Gasteiger partial charge is 0.341 e. The molecule has 7 heteroatoms. The van der Waals surface area contributed by atoms with Crippen molar-refractivity contribution < 1.29 is 18.8 Å². The summed E-state index contributed by atoms with van der Waals surface area (Å²) in [6.07, 6.45) is 1.54. The number of carboxylic acid groups (broad SMARTS) is 1. The lowest BCUT2D eigenvalue weighted by Gasteiger charge is -2.12. The zero-order valence-electron chi connectivity index (χ0n) is 11.5. The van der Waals surface area contributed by atoms with Crippen LogP contribution in [0.5, 0.6) is 5.75 Å². The van der Waals surface area contributed by atoms with Crippen molar-refractivity contribution in [3.8, 4) is 16.9 Å². The fraction of sp³-hybridized carbons (Fsp3) is 0.133. The van der Waals surface area contributed by atoms with E-state index in [0.29, 0.717) is 31.8 Å². The fourth-order valence-electron chi connectivity index (χ4n) is 1.89. The van der Waals surface area contributed by atoms with E-state index in [-0.39, 0.29) is 0 Å². The number of rotatable bonds is 5. The van der Waals surface area contributed by atoms with E-state index in [9.17, 15) is 9.00 Å². The number of ether oxygens (including phenoxy) is 1. The maximum absolute atomic E-state index is 11.5. The van der Waals surface area contributed by atoms with E-state index < -0.39 is 23.4 Å². The van der Waals surface area contributed by atoms with Crippen molar-refractivity contribution in [1.29, 1.82) is 0 Å². The lowest BCUT2D eigenvalue weighted by molar-refractivity contribution is -0.139. The molecule has 0 aromatic heterocycles. The van der Waals surface area contributed by atoms with Gasteiger partial charge in [-0.15, -0.1) is 0 Å². The van der Waals surface area contributed by atoms with E-state index in [0.717, 1.165) is 0 Å². The number of halogens is 2. The van der Waals surface area contributed by atoms with Gasteiger partial charge in [-0.1, -0.05) is 29.3 Å². The lowest BCUT2D eigenvalue weighted by Crippen LogP contribution is -2.09. The van der Waals surface area contributed by atoms with Crippen molar-refractivity contribution in [3.05, 3.63) is 46.4 Å². The Hall–Kier alpha value is -1.56. The Bertz CT molecular complexity index is 746. The van der Waals surface area contributed by atoms with E-state index in [2.05, 4.69) is 0 Å². The molecule has 0 radical (unpaired) electrons. The average Bonchev–Trinajstić information content (AvgIpc) is 2.45. The zero-order valence-corrected chi connectivity index (χ0v) is 13.8. The summed E-state index contributed by atoms with van der Waals surface area (Å²) in [6.45, 7) is -0.459. The molecule has 0 saturated carbocycles. The molecule has 2 rings (SSSR count). The van der Waals surface area contributed by atoms with Crippen molar-refractivity contribution in [2.75, 3.05) is 12.9 Å². The summed E-state index contributed by atoms with van der Waals surface area (Å²) in [5, 5.41) is 9.57. The van der Waals surface area contributed by atoms with E-state index in [1.54, 1.807) is 42.7 Å². The summed E-state index contributed by atoms with van der Waals surface area (Å²) in [6, 6.07) is 9.92. The first-order valence-corrected chi connectivity index (χ1v) is 8.47. The van der Waals surface area contributed by atoms with Gasteiger partial charge < -0.3 is 9.84 Å². The number of carbonyl (C=O) groups is 1. The van der Waals surface area contributed by atoms with Crippen LogP contribution in [-0.4, -0.2) is 28.1 Å². The second kappa shape index (κ2) is 7.13. The Balaban J connectivity index is 2.46. The van der Waals surface area contributed by atoms with Gasteiger partial charge in [-0.05, 0) is 35.9 Å². The highest BCUT2D eigenvalue weighted by atomic mass is 35.5.